The van der Waals surface area contributed by atoms with E-state index >= 15 is 0 Å². The zero-order valence-electron chi connectivity index (χ0n) is 11.0. The molecule has 2 rings (SSSR count). The molecule has 1 aliphatic rings. The average molecular weight is 285 g/mol. The summed E-state index contributed by atoms with van der Waals surface area (Å²) in [5.74, 6) is -0.0520. The highest BCUT2D eigenvalue weighted by Crippen LogP contribution is 2.30. The van der Waals surface area contributed by atoms with Gasteiger partial charge in [-0.25, -0.2) is 4.39 Å². The van der Waals surface area contributed by atoms with Gasteiger partial charge in [0.2, 0.25) is 0 Å². The molecule has 0 unspecified atom stereocenters. The Kier molecular flexibility index (Phi) is 4.81. The highest BCUT2D eigenvalue weighted by molar-refractivity contribution is 6.32. The fourth-order valence-electron chi connectivity index (χ4n) is 2.47. The molecular weight excluding hydrogens is 267 g/mol. The maximum absolute atomic E-state index is 13.7. The first kappa shape index (κ1) is 14.3. The summed E-state index contributed by atoms with van der Waals surface area (Å²) >= 11 is 6.02. The lowest BCUT2D eigenvalue weighted by Crippen LogP contribution is -2.15. The summed E-state index contributed by atoms with van der Waals surface area (Å²) in [5, 5.41) is 0.294. The second-order valence-corrected chi connectivity index (χ2v) is 5.54. The van der Waals surface area contributed by atoms with Gasteiger partial charge in [-0.15, -0.1) is 0 Å². The number of hydrogen-bond acceptors (Lipinski definition) is 2. The lowest BCUT2D eigenvalue weighted by Gasteiger charge is -2.22. The van der Waals surface area contributed by atoms with E-state index in [4.69, 9.17) is 16.3 Å². The van der Waals surface area contributed by atoms with Crippen LogP contribution in [-0.4, -0.2) is 12.4 Å². The number of carbonyl (C=O) groups excluding carboxylic acids is 1. The number of rotatable bonds is 4. The molecule has 1 saturated carbocycles. The van der Waals surface area contributed by atoms with Crippen LogP contribution in [0.2, 0.25) is 5.02 Å². The summed E-state index contributed by atoms with van der Waals surface area (Å²) < 4.78 is 19.3. The number of ether oxygens (including phenoxy) is 1. The molecule has 1 aromatic rings. The number of benzene rings is 1. The van der Waals surface area contributed by atoms with Crippen LogP contribution in [0, 0.1) is 11.7 Å². The third-order valence-corrected chi connectivity index (χ3v) is 3.90. The number of hydrogen-bond donors (Lipinski definition) is 0. The molecule has 19 heavy (non-hydrogen) atoms. The zero-order valence-corrected chi connectivity index (χ0v) is 11.8. The van der Waals surface area contributed by atoms with Crippen LogP contribution >= 0.6 is 11.6 Å². The van der Waals surface area contributed by atoms with E-state index in [1.165, 1.54) is 38.3 Å². The summed E-state index contributed by atoms with van der Waals surface area (Å²) in [6.45, 7) is 1.88. The monoisotopic (exact) mass is 284 g/mol. The van der Waals surface area contributed by atoms with Gasteiger partial charge in [0.05, 0.1) is 17.2 Å². The van der Waals surface area contributed by atoms with E-state index in [2.05, 4.69) is 0 Å². The predicted molar refractivity (Wildman–Crippen MR) is 73.5 cm³/mol. The van der Waals surface area contributed by atoms with E-state index in [0.717, 1.165) is 12.8 Å². The molecule has 4 heteroatoms. The standard InChI is InChI=1S/C15H18ClFO2/c1-10(18)12-7-13(16)15(8-14(12)17)19-9-11-5-3-2-4-6-11/h7-8,11H,2-6,9H2,1H3. The van der Waals surface area contributed by atoms with Gasteiger partial charge in [0.25, 0.3) is 0 Å². The van der Waals surface area contributed by atoms with Crippen molar-refractivity contribution in [3.63, 3.8) is 0 Å². The molecule has 1 fully saturated rings. The Morgan fingerprint density at radius 1 is 1.37 bits per heavy atom. The summed E-state index contributed by atoms with van der Waals surface area (Å²) in [5.41, 5.74) is 0.00927. The van der Waals surface area contributed by atoms with Crippen LogP contribution in [0.4, 0.5) is 4.39 Å². The normalized spacial score (nSPS) is 16.4. The molecule has 0 spiro atoms. The lowest BCUT2D eigenvalue weighted by molar-refractivity contribution is 0.101. The molecule has 0 atom stereocenters. The fraction of sp³-hybridized carbons (Fsp3) is 0.533. The summed E-state index contributed by atoms with van der Waals surface area (Å²) in [6, 6.07) is 2.55. The lowest BCUT2D eigenvalue weighted by atomic mass is 9.90. The van der Waals surface area contributed by atoms with E-state index in [1.54, 1.807) is 0 Å². The van der Waals surface area contributed by atoms with E-state index in [9.17, 15) is 9.18 Å². The summed E-state index contributed by atoms with van der Waals surface area (Å²) in [7, 11) is 0. The quantitative estimate of drug-likeness (QED) is 0.753. The van der Waals surface area contributed by atoms with Gasteiger partial charge >= 0.3 is 0 Å². The Hall–Kier alpha value is -1.09. The van der Waals surface area contributed by atoms with E-state index in [1.807, 2.05) is 0 Å². The predicted octanol–water partition coefficient (Wildman–Crippen LogP) is 4.64. The Bertz CT molecular complexity index is 467. The van der Waals surface area contributed by atoms with Gasteiger partial charge < -0.3 is 4.74 Å². The molecule has 0 aromatic heterocycles. The molecule has 104 valence electrons. The van der Waals surface area contributed by atoms with Crippen molar-refractivity contribution in [1.29, 1.82) is 0 Å². The van der Waals surface area contributed by atoms with Crippen LogP contribution in [0.15, 0.2) is 12.1 Å². The average Bonchev–Trinajstić information content (AvgIpc) is 2.40. The number of ketones is 1. The van der Waals surface area contributed by atoms with Gasteiger partial charge in [0.1, 0.15) is 11.6 Å². The topological polar surface area (TPSA) is 26.3 Å². The number of carbonyl (C=O) groups is 1. The zero-order chi connectivity index (χ0) is 13.8. The van der Waals surface area contributed by atoms with E-state index in [-0.39, 0.29) is 11.3 Å². The van der Waals surface area contributed by atoms with Crippen molar-refractivity contribution >= 4 is 17.4 Å². The smallest absolute Gasteiger partial charge is 0.162 e. The molecule has 2 nitrogen and oxygen atoms in total. The first-order valence-electron chi connectivity index (χ1n) is 6.70. The molecule has 0 amide bonds. The van der Waals surface area contributed by atoms with Gasteiger partial charge in [-0.05, 0) is 31.7 Å². The summed E-state index contributed by atoms with van der Waals surface area (Å²) in [6.07, 6.45) is 6.08. The SMILES string of the molecule is CC(=O)c1cc(Cl)c(OCC2CCCCC2)cc1F. The van der Waals surface area contributed by atoms with E-state index < -0.39 is 5.82 Å². The first-order chi connectivity index (χ1) is 9.08. The number of Topliss-reactive ketones (excluding diaryl/α,β-unsaturated/α-hetero) is 1. The van der Waals surface area contributed by atoms with Gasteiger partial charge in [0, 0.05) is 6.07 Å². The van der Waals surface area contributed by atoms with Crippen LogP contribution in [-0.2, 0) is 0 Å². The Balaban J connectivity index is 2.04. The second kappa shape index (κ2) is 6.38. The first-order valence-corrected chi connectivity index (χ1v) is 7.08. The third kappa shape index (κ3) is 3.69. The molecular formula is C15H18ClFO2. The van der Waals surface area contributed by atoms with Gasteiger partial charge in [-0.1, -0.05) is 30.9 Å². The van der Waals surface area contributed by atoms with Crippen LogP contribution < -0.4 is 4.74 Å². The van der Waals surface area contributed by atoms with E-state index in [0.29, 0.717) is 23.3 Å². The largest absolute Gasteiger partial charge is 0.492 e. The molecule has 0 bridgehead atoms. The van der Waals surface area contributed by atoms with Crippen LogP contribution in [0.5, 0.6) is 5.75 Å². The van der Waals surface area contributed by atoms with Crippen molar-refractivity contribution in [2.45, 2.75) is 39.0 Å². The highest BCUT2D eigenvalue weighted by Gasteiger charge is 2.17. The molecule has 0 saturated heterocycles. The van der Waals surface area contributed by atoms with Crippen LogP contribution in [0.3, 0.4) is 0 Å². The minimum atomic E-state index is -0.574. The Labute approximate surface area is 117 Å². The van der Waals surface area contributed by atoms with Crippen molar-refractivity contribution in [1.82, 2.24) is 0 Å². The minimum absolute atomic E-state index is 0.00927. The fourth-order valence-corrected chi connectivity index (χ4v) is 2.69. The van der Waals surface area contributed by atoms with Gasteiger partial charge in [0.15, 0.2) is 5.78 Å². The van der Waals surface area contributed by atoms with Crippen molar-refractivity contribution in [2.24, 2.45) is 5.92 Å². The molecule has 0 aliphatic heterocycles. The van der Waals surface area contributed by atoms with Crippen LogP contribution in [0.1, 0.15) is 49.4 Å². The Morgan fingerprint density at radius 2 is 2.05 bits per heavy atom. The molecule has 1 aliphatic carbocycles. The summed E-state index contributed by atoms with van der Waals surface area (Å²) in [4.78, 5) is 11.2. The van der Waals surface area contributed by atoms with Gasteiger partial charge in [-0.2, -0.15) is 0 Å². The maximum Gasteiger partial charge on any atom is 0.162 e. The van der Waals surface area contributed by atoms with Gasteiger partial charge in [-0.3, -0.25) is 4.79 Å². The van der Waals surface area contributed by atoms with Crippen molar-refractivity contribution in [3.05, 3.63) is 28.5 Å². The Morgan fingerprint density at radius 3 is 2.68 bits per heavy atom. The second-order valence-electron chi connectivity index (χ2n) is 5.13. The highest BCUT2D eigenvalue weighted by atomic mass is 35.5. The molecule has 1 aromatic carbocycles. The minimum Gasteiger partial charge on any atom is -0.492 e. The van der Waals surface area contributed by atoms with Crippen molar-refractivity contribution < 1.29 is 13.9 Å². The molecule has 0 N–H and O–H groups in total. The van der Waals surface area contributed by atoms with Crippen molar-refractivity contribution in [3.8, 4) is 5.75 Å². The van der Waals surface area contributed by atoms with Crippen LogP contribution in [0.25, 0.3) is 0 Å². The maximum atomic E-state index is 13.7. The molecule has 0 radical (unpaired) electrons. The third-order valence-electron chi connectivity index (χ3n) is 3.60. The van der Waals surface area contributed by atoms with Crippen molar-refractivity contribution in [2.75, 3.05) is 6.61 Å². The number of halogens is 2. The molecule has 0 heterocycles.